The second kappa shape index (κ2) is 7.13. The van der Waals surface area contributed by atoms with Gasteiger partial charge in [-0.3, -0.25) is 4.68 Å². The Morgan fingerprint density at radius 3 is 2.61 bits per heavy atom. The van der Waals surface area contributed by atoms with Gasteiger partial charge in [0.25, 0.3) is 0 Å². The Bertz CT molecular complexity index is 439. The van der Waals surface area contributed by atoms with Crippen molar-refractivity contribution in [3.8, 4) is 0 Å². The topological polar surface area (TPSA) is 65.7 Å². The Kier molecular flexibility index (Phi) is 5.82. The summed E-state index contributed by atoms with van der Waals surface area (Å²) >= 11 is 5.85. The highest BCUT2D eigenvalue weighted by Crippen LogP contribution is 2.14. The molecule has 1 aromatic heterocycles. The molecular weight excluding hydrogens is 248 g/mol. The monoisotopic (exact) mass is 266 g/mol. The van der Waals surface area contributed by atoms with Gasteiger partial charge in [0.05, 0.1) is 0 Å². The molecule has 0 aliphatic heterocycles. The van der Waals surface area contributed by atoms with E-state index in [1.165, 1.54) is 5.56 Å². The molecule has 0 aliphatic carbocycles. The van der Waals surface area contributed by atoms with E-state index in [0.717, 1.165) is 24.4 Å². The van der Waals surface area contributed by atoms with Crippen LogP contribution in [0, 0.1) is 5.92 Å². The number of hydrogen-bond acceptors (Lipinski definition) is 3. The van der Waals surface area contributed by atoms with Gasteiger partial charge in [0.15, 0.2) is 0 Å². The van der Waals surface area contributed by atoms with Gasteiger partial charge < -0.3 is 6.15 Å². The maximum absolute atomic E-state index is 5.85. The molecule has 0 aliphatic rings. The van der Waals surface area contributed by atoms with Crippen LogP contribution in [0.15, 0.2) is 36.9 Å². The summed E-state index contributed by atoms with van der Waals surface area (Å²) in [5, 5.41) is 4.91. The molecule has 2 rings (SSSR count). The normalized spacial score (nSPS) is 11.9. The Morgan fingerprint density at radius 2 is 2.00 bits per heavy atom. The van der Waals surface area contributed by atoms with E-state index < -0.39 is 0 Å². The third-order valence-electron chi connectivity index (χ3n) is 2.80. The molecule has 1 atom stereocenters. The van der Waals surface area contributed by atoms with Crippen LogP contribution in [-0.2, 0) is 13.0 Å². The third-order valence-corrected chi connectivity index (χ3v) is 3.06. The molecule has 0 bridgehead atoms. The quantitative estimate of drug-likeness (QED) is 0.902. The van der Waals surface area contributed by atoms with Crippen LogP contribution in [-0.4, -0.2) is 14.8 Å². The minimum Gasteiger partial charge on any atom is -0.344 e. The van der Waals surface area contributed by atoms with Crippen molar-refractivity contribution >= 4 is 11.6 Å². The van der Waals surface area contributed by atoms with Crippen LogP contribution in [0.1, 0.15) is 18.9 Å². The predicted octanol–water partition coefficient (Wildman–Crippen LogP) is 3.36. The molecular formula is C13H19ClN4. The zero-order valence-corrected chi connectivity index (χ0v) is 11.3. The molecule has 0 saturated carbocycles. The Morgan fingerprint density at radius 1 is 1.28 bits per heavy atom. The number of aryl methyl sites for hydroxylation is 1. The fourth-order valence-electron chi connectivity index (χ4n) is 1.80. The average Bonchev–Trinajstić information content (AvgIpc) is 2.81. The number of aromatic nitrogens is 3. The van der Waals surface area contributed by atoms with E-state index in [1.54, 1.807) is 12.7 Å². The molecule has 3 N–H and O–H groups in total. The highest BCUT2D eigenvalue weighted by Gasteiger charge is 2.04. The van der Waals surface area contributed by atoms with Gasteiger partial charge in [-0.2, -0.15) is 5.10 Å². The second-order valence-electron chi connectivity index (χ2n) is 4.39. The SMILES string of the molecule is CC(CCc1ccc(Cl)cc1)Cn1cncn1.N. The summed E-state index contributed by atoms with van der Waals surface area (Å²) in [5.74, 6) is 0.590. The Hall–Kier alpha value is -1.39. The molecule has 0 amide bonds. The molecule has 0 radical (unpaired) electrons. The van der Waals surface area contributed by atoms with Crippen molar-refractivity contribution in [2.24, 2.45) is 5.92 Å². The van der Waals surface area contributed by atoms with Crippen molar-refractivity contribution in [2.45, 2.75) is 26.3 Å². The van der Waals surface area contributed by atoms with Gasteiger partial charge in [0.1, 0.15) is 12.7 Å². The lowest BCUT2D eigenvalue weighted by molar-refractivity contribution is 0.423. The lowest BCUT2D eigenvalue weighted by Crippen LogP contribution is -2.09. The van der Waals surface area contributed by atoms with Gasteiger partial charge in [-0.1, -0.05) is 30.7 Å². The minimum atomic E-state index is 0. The van der Waals surface area contributed by atoms with Crippen molar-refractivity contribution in [1.82, 2.24) is 20.9 Å². The van der Waals surface area contributed by atoms with Crippen molar-refractivity contribution in [3.63, 3.8) is 0 Å². The second-order valence-corrected chi connectivity index (χ2v) is 4.82. The van der Waals surface area contributed by atoms with Gasteiger partial charge >= 0.3 is 0 Å². The summed E-state index contributed by atoms with van der Waals surface area (Å²) in [7, 11) is 0. The zero-order valence-electron chi connectivity index (χ0n) is 10.6. The number of rotatable bonds is 5. The van der Waals surface area contributed by atoms with Gasteiger partial charge in [-0.15, -0.1) is 0 Å². The summed E-state index contributed by atoms with van der Waals surface area (Å²) in [4.78, 5) is 3.94. The van der Waals surface area contributed by atoms with Gasteiger partial charge in [0, 0.05) is 11.6 Å². The Labute approximate surface area is 113 Å². The van der Waals surface area contributed by atoms with Crippen molar-refractivity contribution in [3.05, 3.63) is 47.5 Å². The lowest BCUT2D eigenvalue weighted by atomic mass is 10.0. The first-order chi connectivity index (χ1) is 8.24. The zero-order chi connectivity index (χ0) is 12.1. The van der Waals surface area contributed by atoms with E-state index in [2.05, 4.69) is 29.1 Å². The third kappa shape index (κ3) is 4.47. The van der Waals surface area contributed by atoms with Crippen LogP contribution in [0.5, 0.6) is 0 Å². The van der Waals surface area contributed by atoms with Gasteiger partial charge in [-0.05, 0) is 36.5 Å². The molecule has 1 aromatic carbocycles. The molecule has 4 nitrogen and oxygen atoms in total. The first kappa shape index (κ1) is 14.7. The summed E-state index contributed by atoms with van der Waals surface area (Å²) in [6.45, 7) is 3.16. The van der Waals surface area contributed by atoms with Crippen molar-refractivity contribution in [1.29, 1.82) is 0 Å². The van der Waals surface area contributed by atoms with Gasteiger partial charge in [0.2, 0.25) is 0 Å². The molecule has 98 valence electrons. The molecule has 1 unspecified atom stereocenters. The minimum absolute atomic E-state index is 0. The summed E-state index contributed by atoms with van der Waals surface area (Å²) in [6, 6.07) is 8.06. The van der Waals surface area contributed by atoms with E-state index in [-0.39, 0.29) is 6.15 Å². The number of halogens is 1. The van der Waals surface area contributed by atoms with Gasteiger partial charge in [-0.25, -0.2) is 4.98 Å². The van der Waals surface area contributed by atoms with Crippen molar-refractivity contribution in [2.75, 3.05) is 0 Å². The van der Waals surface area contributed by atoms with Crippen LogP contribution < -0.4 is 6.15 Å². The fourth-order valence-corrected chi connectivity index (χ4v) is 1.93. The molecule has 2 aromatic rings. The number of hydrogen-bond donors (Lipinski definition) is 1. The number of benzene rings is 1. The molecule has 18 heavy (non-hydrogen) atoms. The molecule has 0 fully saturated rings. The van der Waals surface area contributed by atoms with Crippen LogP contribution in [0.2, 0.25) is 5.02 Å². The van der Waals surface area contributed by atoms with Crippen LogP contribution >= 0.6 is 11.6 Å². The maximum Gasteiger partial charge on any atom is 0.137 e. The molecule has 1 heterocycles. The fraction of sp³-hybridized carbons (Fsp3) is 0.385. The maximum atomic E-state index is 5.85. The summed E-state index contributed by atoms with van der Waals surface area (Å²) < 4.78 is 1.88. The van der Waals surface area contributed by atoms with E-state index in [0.29, 0.717) is 5.92 Å². The molecule has 0 saturated heterocycles. The van der Waals surface area contributed by atoms with E-state index in [1.807, 2.05) is 16.8 Å². The standard InChI is InChI=1S/C13H16ClN3.H3N/c1-11(8-17-10-15-9-16-17)2-3-12-4-6-13(14)7-5-12;/h4-7,9-11H,2-3,8H2,1H3;1H3. The molecule has 5 heteroatoms. The van der Waals surface area contributed by atoms with Crippen LogP contribution in [0.4, 0.5) is 0 Å². The first-order valence-electron chi connectivity index (χ1n) is 5.81. The van der Waals surface area contributed by atoms with E-state index in [4.69, 9.17) is 11.6 Å². The predicted molar refractivity (Wildman–Crippen MR) is 74.0 cm³/mol. The highest BCUT2D eigenvalue weighted by atomic mass is 35.5. The van der Waals surface area contributed by atoms with Crippen LogP contribution in [0.3, 0.4) is 0 Å². The highest BCUT2D eigenvalue weighted by molar-refractivity contribution is 6.30. The summed E-state index contributed by atoms with van der Waals surface area (Å²) in [6.07, 6.45) is 5.55. The van der Waals surface area contributed by atoms with E-state index >= 15 is 0 Å². The Balaban J connectivity index is 0.00000162. The van der Waals surface area contributed by atoms with Crippen molar-refractivity contribution < 1.29 is 0 Å². The molecule has 0 spiro atoms. The average molecular weight is 267 g/mol. The summed E-state index contributed by atoms with van der Waals surface area (Å²) in [5.41, 5.74) is 1.33. The number of nitrogens with zero attached hydrogens (tertiary/aromatic N) is 3. The smallest absolute Gasteiger partial charge is 0.137 e. The van der Waals surface area contributed by atoms with Crippen LogP contribution in [0.25, 0.3) is 0 Å². The lowest BCUT2D eigenvalue weighted by Gasteiger charge is -2.10. The largest absolute Gasteiger partial charge is 0.344 e. The van der Waals surface area contributed by atoms with E-state index in [9.17, 15) is 0 Å². The first-order valence-corrected chi connectivity index (χ1v) is 6.18.